The van der Waals surface area contributed by atoms with Crippen molar-refractivity contribution in [3.05, 3.63) is 40.8 Å². The molecule has 0 atom stereocenters. The van der Waals surface area contributed by atoms with Gasteiger partial charge in [-0.15, -0.1) is 0 Å². The normalized spacial score (nSPS) is 9.95. The summed E-state index contributed by atoms with van der Waals surface area (Å²) < 4.78 is 4.93. The molecule has 96 valence electrons. The van der Waals surface area contributed by atoms with Crippen molar-refractivity contribution in [1.29, 1.82) is 5.26 Å². The van der Waals surface area contributed by atoms with E-state index >= 15 is 0 Å². The Morgan fingerprint density at radius 3 is 3.05 bits per heavy atom. The van der Waals surface area contributed by atoms with Gasteiger partial charge in [0.15, 0.2) is 0 Å². The largest absolute Gasteiger partial charge is 0.337 e. The molecule has 0 unspecified atom stereocenters. The molecule has 2 rings (SSSR count). The van der Waals surface area contributed by atoms with E-state index in [4.69, 9.17) is 9.78 Å². The number of rotatable bonds is 3. The van der Waals surface area contributed by atoms with E-state index in [0.717, 1.165) is 0 Å². The minimum Gasteiger partial charge on any atom is -0.337 e. The number of amides is 1. The Morgan fingerprint density at radius 2 is 2.37 bits per heavy atom. The number of nitrogens with one attached hydrogen (secondary N) is 1. The van der Waals surface area contributed by atoms with Crippen molar-refractivity contribution in [3.8, 4) is 6.07 Å². The molecule has 19 heavy (non-hydrogen) atoms. The van der Waals surface area contributed by atoms with Gasteiger partial charge in [0.25, 0.3) is 5.91 Å². The Kier molecular flexibility index (Phi) is 3.57. The second kappa shape index (κ2) is 5.31. The van der Waals surface area contributed by atoms with Crippen LogP contribution in [0.5, 0.6) is 0 Å². The number of aryl methyl sites for hydroxylation is 2. The van der Waals surface area contributed by atoms with E-state index in [2.05, 4.69) is 15.5 Å². The third kappa shape index (κ3) is 2.45. The number of hydrogen-bond acceptors (Lipinski definition) is 5. The highest BCUT2D eigenvalue weighted by Gasteiger charge is 2.17. The molecule has 0 aliphatic rings. The summed E-state index contributed by atoms with van der Waals surface area (Å²) in [5.41, 5.74) is 1.83. The maximum Gasteiger partial charge on any atom is 0.259 e. The summed E-state index contributed by atoms with van der Waals surface area (Å²) in [4.78, 5) is 16.3. The van der Waals surface area contributed by atoms with Crippen LogP contribution in [0.25, 0.3) is 0 Å². The molecule has 1 amide bonds. The Labute approximate surface area is 110 Å². The summed E-state index contributed by atoms with van der Waals surface area (Å²) in [6.45, 7) is 3.55. The highest BCUT2D eigenvalue weighted by atomic mass is 16.5. The van der Waals surface area contributed by atoms with Crippen LogP contribution in [0, 0.1) is 18.3 Å². The van der Waals surface area contributed by atoms with Crippen molar-refractivity contribution >= 4 is 11.8 Å². The van der Waals surface area contributed by atoms with Gasteiger partial charge in [-0.1, -0.05) is 12.1 Å². The van der Waals surface area contributed by atoms with Gasteiger partial charge in [0.1, 0.15) is 17.3 Å². The highest BCUT2D eigenvalue weighted by molar-refractivity contribution is 6.04. The summed E-state index contributed by atoms with van der Waals surface area (Å²) in [6, 6.07) is 5.31. The minimum absolute atomic E-state index is 0.0657. The topological polar surface area (TPSA) is 91.8 Å². The van der Waals surface area contributed by atoms with Gasteiger partial charge in [0.05, 0.1) is 11.3 Å². The second-order valence-corrected chi connectivity index (χ2v) is 3.89. The van der Waals surface area contributed by atoms with Crippen LogP contribution in [0.3, 0.4) is 0 Å². The number of carbonyl (C=O) groups is 1. The van der Waals surface area contributed by atoms with Gasteiger partial charge in [0, 0.05) is 6.20 Å². The maximum absolute atomic E-state index is 12.1. The molecule has 2 aromatic heterocycles. The first-order chi connectivity index (χ1) is 9.17. The summed E-state index contributed by atoms with van der Waals surface area (Å²) in [5.74, 6) is -0.298. The van der Waals surface area contributed by atoms with Crippen LogP contribution in [-0.4, -0.2) is 16.0 Å². The molecule has 0 aliphatic heterocycles. The number of pyridine rings is 1. The average Bonchev–Trinajstić information content (AvgIpc) is 2.78. The first kappa shape index (κ1) is 12.8. The molecule has 6 nitrogen and oxygen atoms in total. The number of carbonyl (C=O) groups excluding carboxylic acids is 1. The molecule has 0 spiro atoms. The third-order valence-corrected chi connectivity index (χ3v) is 2.67. The van der Waals surface area contributed by atoms with Gasteiger partial charge in [0.2, 0.25) is 5.88 Å². The lowest BCUT2D eigenvalue weighted by molar-refractivity contribution is 0.102. The second-order valence-electron chi connectivity index (χ2n) is 3.89. The van der Waals surface area contributed by atoms with E-state index < -0.39 is 0 Å². The molecule has 0 saturated heterocycles. The standard InChI is InChI=1S/C13H12N4O2/c1-3-11-9(5-4-6-15-11)12(18)16-13-10(7-14)8(2)17-19-13/h4-6H,3H2,1-2H3,(H,16,18). The quantitative estimate of drug-likeness (QED) is 0.907. The van der Waals surface area contributed by atoms with Crippen LogP contribution in [-0.2, 0) is 6.42 Å². The van der Waals surface area contributed by atoms with Crippen molar-refractivity contribution in [3.63, 3.8) is 0 Å². The molecular weight excluding hydrogens is 244 g/mol. The zero-order valence-electron chi connectivity index (χ0n) is 10.6. The van der Waals surface area contributed by atoms with Gasteiger partial charge in [-0.2, -0.15) is 5.26 Å². The first-order valence-electron chi connectivity index (χ1n) is 5.79. The Hall–Kier alpha value is -2.68. The summed E-state index contributed by atoms with van der Waals surface area (Å²) in [7, 11) is 0. The van der Waals surface area contributed by atoms with E-state index in [1.165, 1.54) is 0 Å². The average molecular weight is 256 g/mol. The molecule has 6 heteroatoms. The number of hydrogen-bond donors (Lipinski definition) is 1. The van der Waals surface area contributed by atoms with Crippen molar-refractivity contribution in [1.82, 2.24) is 10.1 Å². The highest BCUT2D eigenvalue weighted by Crippen LogP contribution is 2.19. The maximum atomic E-state index is 12.1. The number of anilines is 1. The van der Waals surface area contributed by atoms with E-state index in [0.29, 0.717) is 23.4 Å². The van der Waals surface area contributed by atoms with Gasteiger partial charge in [-0.05, 0) is 25.5 Å². The zero-order valence-corrected chi connectivity index (χ0v) is 10.6. The van der Waals surface area contributed by atoms with Crippen molar-refractivity contribution in [2.24, 2.45) is 0 Å². The number of nitrogens with zero attached hydrogens (tertiary/aromatic N) is 3. The molecular formula is C13H12N4O2. The smallest absolute Gasteiger partial charge is 0.259 e. The lowest BCUT2D eigenvalue weighted by Gasteiger charge is -2.05. The fraction of sp³-hybridized carbons (Fsp3) is 0.231. The number of nitriles is 1. The lowest BCUT2D eigenvalue weighted by Crippen LogP contribution is -2.15. The van der Waals surface area contributed by atoms with Crippen LogP contribution >= 0.6 is 0 Å². The Bertz CT molecular complexity index is 655. The third-order valence-electron chi connectivity index (χ3n) is 2.67. The summed E-state index contributed by atoms with van der Waals surface area (Å²) in [5, 5.41) is 15.2. The van der Waals surface area contributed by atoms with Crippen LogP contribution < -0.4 is 5.32 Å². The van der Waals surface area contributed by atoms with E-state index in [9.17, 15) is 4.79 Å². The predicted octanol–water partition coefficient (Wildman–Crippen LogP) is 2.06. The van der Waals surface area contributed by atoms with Crippen LogP contribution in [0.1, 0.15) is 34.2 Å². The Morgan fingerprint density at radius 1 is 1.58 bits per heavy atom. The first-order valence-corrected chi connectivity index (χ1v) is 5.79. The molecule has 0 radical (unpaired) electrons. The molecule has 0 aromatic carbocycles. The van der Waals surface area contributed by atoms with Gasteiger partial charge >= 0.3 is 0 Å². The Balaban J connectivity index is 2.29. The van der Waals surface area contributed by atoms with E-state index in [-0.39, 0.29) is 17.4 Å². The molecule has 0 saturated carbocycles. The molecule has 0 bridgehead atoms. The summed E-state index contributed by atoms with van der Waals surface area (Å²) >= 11 is 0. The van der Waals surface area contributed by atoms with Crippen LogP contribution in [0.15, 0.2) is 22.9 Å². The van der Waals surface area contributed by atoms with Gasteiger partial charge in [-0.3, -0.25) is 15.1 Å². The lowest BCUT2D eigenvalue weighted by atomic mass is 10.1. The minimum atomic E-state index is -0.363. The molecule has 0 aliphatic carbocycles. The summed E-state index contributed by atoms with van der Waals surface area (Å²) in [6.07, 6.45) is 2.28. The van der Waals surface area contributed by atoms with E-state index in [1.807, 2.05) is 13.0 Å². The predicted molar refractivity (Wildman–Crippen MR) is 67.5 cm³/mol. The fourth-order valence-corrected chi connectivity index (χ4v) is 1.68. The van der Waals surface area contributed by atoms with Crippen molar-refractivity contribution in [2.75, 3.05) is 5.32 Å². The fourth-order valence-electron chi connectivity index (χ4n) is 1.68. The van der Waals surface area contributed by atoms with Crippen LogP contribution in [0.4, 0.5) is 5.88 Å². The SMILES string of the molecule is CCc1ncccc1C(=O)Nc1onc(C)c1C#N. The van der Waals surface area contributed by atoms with Crippen LogP contribution in [0.2, 0.25) is 0 Å². The monoisotopic (exact) mass is 256 g/mol. The molecule has 1 N–H and O–H groups in total. The van der Waals surface area contributed by atoms with Gasteiger partial charge < -0.3 is 4.52 Å². The molecule has 2 aromatic rings. The molecule has 2 heterocycles. The van der Waals surface area contributed by atoms with Crippen molar-refractivity contribution < 1.29 is 9.32 Å². The zero-order chi connectivity index (χ0) is 13.8. The van der Waals surface area contributed by atoms with Crippen molar-refractivity contribution in [2.45, 2.75) is 20.3 Å². The number of aromatic nitrogens is 2. The molecule has 0 fully saturated rings. The van der Waals surface area contributed by atoms with E-state index in [1.54, 1.807) is 25.3 Å². The van der Waals surface area contributed by atoms with Gasteiger partial charge in [-0.25, -0.2) is 0 Å².